The van der Waals surface area contributed by atoms with Gasteiger partial charge in [0.15, 0.2) is 0 Å². The van der Waals surface area contributed by atoms with E-state index in [2.05, 4.69) is 5.23 Å². The summed E-state index contributed by atoms with van der Waals surface area (Å²) in [4.78, 5) is 10.6. The minimum atomic E-state index is -0.805. The topological polar surface area (TPSA) is 58.6 Å². The molecule has 0 aliphatic rings. The van der Waals surface area contributed by atoms with E-state index in [1.807, 2.05) is 6.92 Å². The summed E-state index contributed by atoms with van der Waals surface area (Å²) < 4.78 is 4.73. The lowest BCUT2D eigenvalue weighted by Gasteiger charge is -2.11. The molecule has 0 aliphatic heterocycles. The van der Waals surface area contributed by atoms with Gasteiger partial charge in [-0.15, -0.1) is 0 Å². The second kappa shape index (κ2) is 7.12. The van der Waals surface area contributed by atoms with E-state index in [1.165, 1.54) is 7.11 Å². The lowest BCUT2D eigenvalue weighted by molar-refractivity contribution is -0.139. The van der Waals surface area contributed by atoms with Crippen LogP contribution in [-0.4, -0.2) is 31.8 Å². The number of aliphatic carboxylic acids is 1. The first-order valence-electron chi connectivity index (χ1n) is 4.17. The molecule has 0 aliphatic carbocycles. The zero-order valence-electron chi connectivity index (χ0n) is 7.67. The highest BCUT2D eigenvalue weighted by molar-refractivity contribution is 6.24. The van der Waals surface area contributed by atoms with Crippen LogP contribution >= 0.6 is 0 Å². The summed E-state index contributed by atoms with van der Waals surface area (Å²) in [7, 11) is 1.83. The predicted octanol–water partition coefficient (Wildman–Crippen LogP) is 0.132. The van der Waals surface area contributed by atoms with Crippen LogP contribution in [0.25, 0.3) is 0 Å². The second-order valence-electron chi connectivity index (χ2n) is 2.67. The van der Waals surface area contributed by atoms with Gasteiger partial charge in [-0.05, 0) is 6.42 Å². The van der Waals surface area contributed by atoms with Crippen LogP contribution in [0.4, 0.5) is 0 Å². The average molecular weight is 173 g/mol. The number of rotatable bonds is 7. The quantitative estimate of drug-likeness (QED) is 0.537. The van der Waals surface area contributed by atoms with Crippen LogP contribution < -0.4 is 5.23 Å². The van der Waals surface area contributed by atoms with Crippen molar-refractivity contribution in [2.45, 2.75) is 32.2 Å². The molecule has 0 radical (unpaired) electrons. The summed E-state index contributed by atoms with van der Waals surface area (Å²) in [5.74, 6) is -0.805. The van der Waals surface area contributed by atoms with Gasteiger partial charge in [0, 0.05) is 7.11 Å². The van der Waals surface area contributed by atoms with Crippen molar-refractivity contribution < 1.29 is 14.6 Å². The van der Waals surface area contributed by atoms with E-state index in [1.54, 1.807) is 0 Å². The number of carboxylic acid groups (broad SMARTS) is 1. The molecule has 1 atom stereocenters. The maximum absolute atomic E-state index is 10.6. The van der Waals surface area contributed by atoms with Crippen molar-refractivity contribution in [1.29, 1.82) is 0 Å². The van der Waals surface area contributed by atoms with E-state index in [9.17, 15) is 4.79 Å². The van der Waals surface area contributed by atoms with Gasteiger partial charge >= 0.3 is 13.6 Å². The van der Waals surface area contributed by atoms with Crippen LogP contribution in [0, 0.1) is 0 Å². The average Bonchev–Trinajstić information content (AvgIpc) is 2.04. The molecule has 0 aromatic rings. The van der Waals surface area contributed by atoms with Gasteiger partial charge in [0.05, 0.1) is 6.04 Å². The van der Waals surface area contributed by atoms with E-state index in [-0.39, 0.29) is 0 Å². The van der Waals surface area contributed by atoms with Gasteiger partial charge < -0.3 is 15.0 Å². The third kappa shape index (κ3) is 5.15. The molecule has 0 bridgehead atoms. The molecule has 0 aromatic carbocycles. The molecular formula is C7H16BNO3. The van der Waals surface area contributed by atoms with Crippen molar-refractivity contribution >= 4 is 13.6 Å². The predicted molar refractivity (Wildman–Crippen MR) is 48.2 cm³/mol. The summed E-state index contributed by atoms with van der Waals surface area (Å²) in [5, 5.41) is 11.5. The van der Waals surface area contributed by atoms with Crippen LogP contribution in [0.3, 0.4) is 0 Å². The molecule has 4 nitrogen and oxygen atoms in total. The summed E-state index contributed by atoms with van der Waals surface area (Å²) in [6.07, 6.45) is 2.60. The highest BCUT2D eigenvalue weighted by atomic mass is 16.4. The van der Waals surface area contributed by atoms with E-state index >= 15 is 0 Å². The smallest absolute Gasteiger partial charge is 0.361 e. The number of carboxylic acids is 1. The summed E-state index contributed by atoms with van der Waals surface area (Å²) >= 11 is 0. The summed E-state index contributed by atoms with van der Waals surface area (Å²) in [6, 6.07) is -0.468. The van der Waals surface area contributed by atoms with Gasteiger partial charge in [0.25, 0.3) is 0 Å². The Hall–Kier alpha value is -0.545. The third-order valence-corrected chi connectivity index (χ3v) is 1.62. The maximum Gasteiger partial charge on any atom is 0.361 e. The standard InChI is InChI=1S/C7H16BNO3/c1-3-4-5-6(7(10)11)9-8-12-2/h6,8-9H,3-5H2,1-2H3,(H,10,11). The maximum atomic E-state index is 10.6. The van der Waals surface area contributed by atoms with Crippen LogP contribution in [0.15, 0.2) is 0 Å². The van der Waals surface area contributed by atoms with E-state index in [4.69, 9.17) is 9.76 Å². The zero-order chi connectivity index (χ0) is 9.40. The lowest BCUT2D eigenvalue weighted by Crippen LogP contribution is -2.39. The Morgan fingerprint density at radius 2 is 2.42 bits per heavy atom. The Bertz CT molecular complexity index is 124. The Morgan fingerprint density at radius 1 is 1.75 bits per heavy atom. The highest BCUT2D eigenvalue weighted by Gasteiger charge is 2.15. The molecule has 0 fully saturated rings. The van der Waals surface area contributed by atoms with Gasteiger partial charge in [-0.2, -0.15) is 0 Å². The molecule has 2 N–H and O–H groups in total. The number of carbonyl (C=O) groups is 1. The molecule has 70 valence electrons. The molecule has 0 amide bonds. The monoisotopic (exact) mass is 173 g/mol. The minimum Gasteiger partial charge on any atom is -0.480 e. The van der Waals surface area contributed by atoms with E-state index < -0.39 is 12.0 Å². The number of unbranched alkanes of at least 4 members (excludes halogenated alkanes) is 1. The van der Waals surface area contributed by atoms with Gasteiger partial charge in [-0.3, -0.25) is 4.79 Å². The first-order valence-corrected chi connectivity index (χ1v) is 4.17. The number of hydrogen-bond acceptors (Lipinski definition) is 3. The Balaban J connectivity index is 3.62. The van der Waals surface area contributed by atoms with Gasteiger partial charge in [0.2, 0.25) is 0 Å². The van der Waals surface area contributed by atoms with Crippen LogP contribution in [0.1, 0.15) is 26.2 Å². The molecule has 5 heteroatoms. The van der Waals surface area contributed by atoms with Crippen molar-refractivity contribution in [2.75, 3.05) is 7.11 Å². The largest absolute Gasteiger partial charge is 0.480 e. The Morgan fingerprint density at radius 3 is 2.83 bits per heavy atom. The lowest BCUT2D eigenvalue weighted by atomic mass is 10.1. The van der Waals surface area contributed by atoms with Crippen molar-refractivity contribution in [3.8, 4) is 0 Å². The third-order valence-electron chi connectivity index (χ3n) is 1.62. The van der Waals surface area contributed by atoms with Crippen molar-refractivity contribution in [1.82, 2.24) is 5.23 Å². The Labute approximate surface area is 73.6 Å². The van der Waals surface area contributed by atoms with Crippen LogP contribution in [0.5, 0.6) is 0 Å². The summed E-state index contributed by atoms with van der Waals surface area (Å²) in [6.45, 7) is 2.04. The van der Waals surface area contributed by atoms with E-state index in [0.717, 1.165) is 12.8 Å². The molecular weight excluding hydrogens is 157 g/mol. The van der Waals surface area contributed by atoms with Crippen molar-refractivity contribution in [3.05, 3.63) is 0 Å². The number of nitrogens with one attached hydrogen (secondary N) is 1. The van der Waals surface area contributed by atoms with Gasteiger partial charge in [0.1, 0.15) is 0 Å². The fourth-order valence-corrected chi connectivity index (χ4v) is 0.905. The molecule has 1 unspecified atom stereocenters. The molecule has 0 rings (SSSR count). The van der Waals surface area contributed by atoms with Crippen LogP contribution in [-0.2, 0) is 9.45 Å². The number of hydrogen-bond donors (Lipinski definition) is 2. The van der Waals surface area contributed by atoms with Crippen molar-refractivity contribution in [2.24, 2.45) is 0 Å². The highest BCUT2D eigenvalue weighted by Crippen LogP contribution is 1.99. The molecule has 0 spiro atoms. The minimum absolute atomic E-state index is 0.292. The summed E-state index contributed by atoms with van der Waals surface area (Å²) in [5.41, 5.74) is 0. The van der Waals surface area contributed by atoms with E-state index in [0.29, 0.717) is 14.0 Å². The molecule has 0 aromatic heterocycles. The molecule has 0 saturated carbocycles. The molecule has 12 heavy (non-hydrogen) atoms. The second-order valence-corrected chi connectivity index (χ2v) is 2.67. The fraction of sp³-hybridized carbons (Fsp3) is 0.857. The van der Waals surface area contributed by atoms with Gasteiger partial charge in [-0.25, -0.2) is 0 Å². The zero-order valence-corrected chi connectivity index (χ0v) is 7.67. The first-order chi connectivity index (χ1) is 5.72. The molecule has 0 heterocycles. The molecule has 0 saturated heterocycles. The SMILES string of the molecule is CCCCC(NBOC)C(=O)O. The fourth-order valence-electron chi connectivity index (χ4n) is 0.905. The normalized spacial score (nSPS) is 12.5. The van der Waals surface area contributed by atoms with Gasteiger partial charge in [-0.1, -0.05) is 19.8 Å². The van der Waals surface area contributed by atoms with Crippen molar-refractivity contribution in [3.63, 3.8) is 0 Å². The van der Waals surface area contributed by atoms with Crippen LogP contribution in [0.2, 0.25) is 0 Å². The first kappa shape index (κ1) is 11.5. The Kier molecular flexibility index (Phi) is 6.80.